The fourth-order valence-corrected chi connectivity index (χ4v) is 12.8. The summed E-state index contributed by atoms with van der Waals surface area (Å²) in [6.07, 6.45) is 1.85. The molecule has 1 aliphatic heterocycles. The summed E-state index contributed by atoms with van der Waals surface area (Å²) in [5, 5.41) is 1.98. The van der Waals surface area contributed by atoms with Gasteiger partial charge < -0.3 is 19.1 Å². The molecule has 0 saturated carbocycles. The van der Waals surface area contributed by atoms with Crippen molar-refractivity contribution < 1.29 is 47.8 Å². The molecule has 0 amide bonds. The van der Waals surface area contributed by atoms with Crippen LogP contribution in [-0.4, -0.2) is 9.55 Å². The Morgan fingerprint density at radius 1 is 0.389 bits per heavy atom. The summed E-state index contributed by atoms with van der Waals surface area (Å²) < 4.78 is 91.1. The molecular formula is C84H66F5N4OPt-3. The van der Waals surface area contributed by atoms with Crippen molar-refractivity contribution in [2.24, 2.45) is 0 Å². The molecule has 14 rings (SSSR count). The second kappa shape index (κ2) is 24.8. The molecule has 0 atom stereocenters. The minimum absolute atomic E-state index is 0. The molecule has 0 bridgehead atoms. The van der Waals surface area contributed by atoms with Crippen LogP contribution in [0, 0.1) is 47.9 Å². The molecule has 5 nitrogen and oxygen atoms in total. The molecule has 11 heteroatoms. The Morgan fingerprint density at radius 3 is 1.53 bits per heavy atom. The Morgan fingerprint density at radius 2 is 0.926 bits per heavy atom. The summed E-state index contributed by atoms with van der Waals surface area (Å²) in [6.45, 7) is 21.0. The number of rotatable bonds is 11. The molecule has 0 aliphatic carbocycles. The van der Waals surface area contributed by atoms with Crippen LogP contribution in [-0.2, 0) is 37.3 Å². The van der Waals surface area contributed by atoms with E-state index in [9.17, 15) is 0 Å². The van der Waals surface area contributed by atoms with E-state index in [1.807, 2.05) is 151 Å². The Balaban J connectivity index is 0.00000818. The first-order valence-electron chi connectivity index (χ1n) is 31.4. The first kappa shape index (κ1) is 63.8. The van der Waals surface area contributed by atoms with Gasteiger partial charge in [-0.1, -0.05) is 226 Å². The average molecular weight is 1440 g/mol. The molecule has 0 unspecified atom stereocenters. The topological polar surface area (TPSA) is 33.5 Å². The zero-order valence-electron chi connectivity index (χ0n) is 53.9. The number of hydrogen-bond donors (Lipinski definition) is 0. The molecule has 0 saturated heterocycles. The van der Waals surface area contributed by atoms with E-state index in [1.54, 1.807) is 11.6 Å². The number of para-hydroxylation sites is 3. The molecule has 476 valence electrons. The SMILES string of the molecule is CC(C)(C)c1cc(-c2cc(-c3ccccc3)cc(-c3c(F)c(F)c(F)c(F)c3F)c2N2[CH-]N(c3[c-]c(Oc4[c-]c5c(cc4)c4ccccc4n5-c4cc(C(C)(C)C)ccn4)cc(-c4c(-c5ccccc5)cccc4-c4ccccc4)c3)c3ccccc32)cc(C(C)(C)C)c1.[Pt]. The van der Waals surface area contributed by atoms with Gasteiger partial charge in [-0.2, -0.15) is 6.07 Å². The smallest absolute Gasteiger partial charge is 0.200 e. The number of halogens is 5. The number of ether oxygens (including phenoxy) is 1. The number of aromatic nitrogens is 2. The molecule has 0 N–H and O–H groups in total. The van der Waals surface area contributed by atoms with Crippen molar-refractivity contribution in [3.8, 4) is 84.1 Å². The van der Waals surface area contributed by atoms with Gasteiger partial charge in [0.15, 0.2) is 23.3 Å². The predicted molar refractivity (Wildman–Crippen MR) is 373 cm³/mol. The molecule has 3 heterocycles. The number of fused-ring (bicyclic) bond motifs is 4. The van der Waals surface area contributed by atoms with Crippen LogP contribution in [0.2, 0.25) is 0 Å². The van der Waals surface area contributed by atoms with E-state index >= 15 is 22.0 Å². The maximum Gasteiger partial charge on any atom is 0.200 e. The summed E-state index contributed by atoms with van der Waals surface area (Å²) in [7, 11) is 0. The van der Waals surface area contributed by atoms with Crippen LogP contribution in [0.3, 0.4) is 0 Å². The van der Waals surface area contributed by atoms with E-state index in [2.05, 4.69) is 158 Å². The van der Waals surface area contributed by atoms with Crippen LogP contribution in [0.1, 0.15) is 79.0 Å². The maximum atomic E-state index is 17.2. The largest absolute Gasteiger partial charge is 0.509 e. The number of pyridine rings is 1. The third-order valence-corrected chi connectivity index (χ3v) is 17.8. The van der Waals surface area contributed by atoms with Crippen molar-refractivity contribution in [3.63, 3.8) is 0 Å². The van der Waals surface area contributed by atoms with E-state index in [0.717, 1.165) is 77.7 Å². The molecule has 1 aliphatic rings. The quantitative estimate of drug-likeness (QED) is 0.0559. The molecule has 11 aromatic carbocycles. The summed E-state index contributed by atoms with van der Waals surface area (Å²) in [6, 6.07) is 81.0. The second-order valence-corrected chi connectivity index (χ2v) is 27.1. The van der Waals surface area contributed by atoms with Crippen LogP contribution < -0.4 is 14.5 Å². The van der Waals surface area contributed by atoms with E-state index < -0.39 is 45.5 Å². The molecular weight excluding hydrogens is 1370 g/mol. The molecule has 13 aromatic rings. The fourth-order valence-electron chi connectivity index (χ4n) is 12.8. The van der Waals surface area contributed by atoms with Gasteiger partial charge in [-0.05, 0) is 125 Å². The first-order valence-corrected chi connectivity index (χ1v) is 31.4. The summed E-state index contributed by atoms with van der Waals surface area (Å²) in [4.78, 5) is 8.66. The van der Waals surface area contributed by atoms with E-state index in [0.29, 0.717) is 50.8 Å². The van der Waals surface area contributed by atoms with E-state index in [-0.39, 0.29) is 37.7 Å². The van der Waals surface area contributed by atoms with Gasteiger partial charge in [0.2, 0.25) is 5.82 Å². The summed E-state index contributed by atoms with van der Waals surface area (Å²) in [5.41, 5.74) is 12.1. The zero-order valence-corrected chi connectivity index (χ0v) is 56.2. The van der Waals surface area contributed by atoms with Gasteiger partial charge >= 0.3 is 0 Å². The molecule has 0 spiro atoms. The third-order valence-electron chi connectivity index (χ3n) is 17.8. The molecule has 0 radical (unpaired) electrons. The average Bonchev–Trinajstić information content (AvgIpc) is 1.71. The van der Waals surface area contributed by atoms with Crippen LogP contribution in [0.15, 0.2) is 231 Å². The van der Waals surface area contributed by atoms with Crippen molar-refractivity contribution in [2.45, 2.75) is 78.6 Å². The number of nitrogens with zero attached hydrogens (tertiary/aromatic N) is 4. The number of hydrogen-bond acceptors (Lipinski definition) is 4. The normalized spacial score (nSPS) is 12.6. The standard InChI is InChI=1S/C84H66F5N4O.Pt/c1-82(2,3)57-38-39-90-73(47-57)93-69-33-20-19-30-65(69)66-37-36-61(49-72(66)93)94-62-43-56(74-63(52-26-15-11-16-27-52)31-23-32-64(74)53-28-17-12-18-29-53)42-60(48-62)91-50-92(71-35-22-21-34-70(71)91)81-67(55-40-58(83(4,5)6)46-59(41-55)84(7,8)9)44-54(51-24-13-10-14-25-51)45-68(81)75-76(85)78(87)80(89)79(88)77(75)86;/h10-47,50H,1-9H3;/q-3;. The van der Waals surface area contributed by atoms with Crippen LogP contribution >= 0.6 is 0 Å². The summed E-state index contributed by atoms with van der Waals surface area (Å²) in [5.74, 6) is -8.83. The maximum absolute atomic E-state index is 17.2. The Hall–Kier alpha value is -9.89. The van der Waals surface area contributed by atoms with Crippen LogP contribution in [0.5, 0.6) is 11.5 Å². The van der Waals surface area contributed by atoms with Crippen molar-refractivity contribution in [3.05, 3.63) is 295 Å². The monoisotopic (exact) mass is 1440 g/mol. The predicted octanol–water partition coefficient (Wildman–Crippen LogP) is 23.6. The first-order chi connectivity index (χ1) is 45.1. The molecule has 2 aromatic heterocycles. The second-order valence-electron chi connectivity index (χ2n) is 27.1. The minimum Gasteiger partial charge on any atom is -0.509 e. The molecule has 95 heavy (non-hydrogen) atoms. The van der Waals surface area contributed by atoms with E-state index in [4.69, 9.17) is 9.72 Å². The number of benzene rings is 11. The van der Waals surface area contributed by atoms with Crippen molar-refractivity contribution >= 4 is 44.6 Å². The van der Waals surface area contributed by atoms with Gasteiger partial charge in [-0.15, -0.1) is 53.6 Å². The van der Waals surface area contributed by atoms with Crippen molar-refractivity contribution in [1.29, 1.82) is 0 Å². The minimum atomic E-state index is -2.25. The summed E-state index contributed by atoms with van der Waals surface area (Å²) >= 11 is 0. The van der Waals surface area contributed by atoms with Gasteiger partial charge in [-0.3, -0.25) is 0 Å². The van der Waals surface area contributed by atoms with Crippen molar-refractivity contribution in [2.75, 3.05) is 9.80 Å². The Kier molecular flexibility index (Phi) is 16.7. The van der Waals surface area contributed by atoms with Gasteiger partial charge in [0.05, 0.1) is 5.56 Å². The Labute approximate surface area is 566 Å². The third kappa shape index (κ3) is 11.8. The van der Waals surface area contributed by atoms with Crippen molar-refractivity contribution in [1.82, 2.24) is 9.55 Å². The van der Waals surface area contributed by atoms with Crippen LogP contribution in [0.25, 0.3) is 94.4 Å². The van der Waals surface area contributed by atoms with Crippen LogP contribution in [0.4, 0.5) is 44.7 Å². The van der Waals surface area contributed by atoms with Gasteiger partial charge in [0.1, 0.15) is 5.82 Å². The van der Waals surface area contributed by atoms with Gasteiger partial charge in [-0.25, -0.2) is 26.9 Å². The Bertz CT molecular complexity index is 4990. The fraction of sp³-hybridized carbons (Fsp3) is 0.143. The van der Waals surface area contributed by atoms with Gasteiger partial charge in [0.25, 0.3) is 0 Å². The molecule has 0 fully saturated rings. The van der Waals surface area contributed by atoms with Gasteiger partial charge in [0, 0.05) is 72.5 Å². The zero-order chi connectivity index (χ0) is 65.5. The number of anilines is 4. The van der Waals surface area contributed by atoms with E-state index in [1.165, 1.54) is 6.07 Å².